The number of hydrogen-bond donors (Lipinski definition) is 1. The fourth-order valence-corrected chi connectivity index (χ4v) is 1.60. The minimum Gasteiger partial charge on any atom is -0.462 e. The molecule has 0 aliphatic heterocycles. The van der Waals surface area contributed by atoms with Crippen LogP contribution in [-0.4, -0.2) is 33.9 Å². The number of anilines is 1. The Labute approximate surface area is 111 Å². The van der Waals surface area contributed by atoms with Crippen LogP contribution in [0.1, 0.15) is 24.2 Å². The molecule has 6 heteroatoms. The molecule has 2 aromatic heterocycles. The second kappa shape index (κ2) is 5.99. The van der Waals surface area contributed by atoms with Crippen LogP contribution in [0.3, 0.4) is 0 Å². The summed E-state index contributed by atoms with van der Waals surface area (Å²) >= 11 is 0. The van der Waals surface area contributed by atoms with Gasteiger partial charge in [-0.15, -0.1) is 0 Å². The molecular formula is C13H16N4O2. The molecule has 0 saturated heterocycles. The predicted octanol–water partition coefficient (Wildman–Crippen LogP) is 1.88. The number of esters is 1. The molecule has 0 radical (unpaired) electrons. The number of hydrogen-bond acceptors (Lipinski definition) is 5. The maximum atomic E-state index is 11.6. The van der Waals surface area contributed by atoms with Crippen molar-refractivity contribution in [2.24, 2.45) is 0 Å². The van der Waals surface area contributed by atoms with E-state index in [4.69, 9.17) is 4.74 Å². The summed E-state index contributed by atoms with van der Waals surface area (Å²) in [5.41, 5.74) is 0.414. The third-order valence-corrected chi connectivity index (χ3v) is 2.42. The van der Waals surface area contributed by atoms with E-state index in [9.17, 15) is 4.79 Å². The third-order valence-electron chi connectivity index (χ3n) is 2.42. The SMILES string of the molecule is CCNc1cccc(-n2cc(C(=O)OCC)cn2)n1. The molecule has 19 heavy (non-hydrogen) atoms. The van der Waals surface area contributed by atoms with Crippen molar-refractivity contribution in [3.8, 4) is 5.82 Å². The number of carbonyl (C=O) groups excluding carboxylic acids is 1. The van der Waals surface area contributed by atoms with Gasteiger partial charge in [-0.1, -0.05) is 6.07 Å². The molecule has 0 spiro atoms. The molecular weight excluding hydrogens is 244 g/mol. The Kier molecular flexibility index (Phi) is 4.12. The summed E-state index contributed by atoms with van der Waals surface area (Å²) in [5.74, 6) is 1.04. The van der Waals surface area contributed by atoms with Crippen molar-refractivity contribution < 1.29 is 9.53 Å². The molecule has 0 aromatic carbocycles. The molecule has 2 heterocycles. The van der Waals surface area contributed by atoms with Gasteiger partial charge >= 0.3 is 5.97 Å². The Bertz CT molecular complexity index is 565. The number of ether oxygens (including phenoxy) is 1. The van der Waals surface area contributed by atoms with Crippen LogP contribution in [0.25, 0.3) is 5.82 Å². The van der Waals surface area contributed by atoms with Gasteiger partial charge in [-0.2, -0.15) is 5.10 Å². The van der Waals surface area contributed by atoms with Crippen LogP contribution in [0.2, 0.25) is 0 Å². The number of aromatic nitrogens is 3. The molecule has 0 unspecified atom stereocenters. The first-order chi connectivity index (χ1) is 9.24. The van der Waals surface area contributed by atoms with Gasteiger partial charge in [0.05, 0.1) is 18.4 Å². The van der Waals surface area contributed by atoms with E-state index in [2.05, 4.69) is 15.4 Å². The first-order valence-electron chi connectivity index (χ1n) is 6.17. The summed E-state index contributed by atoms with van der Waals surface area (Å²) in [7, 11) is 0. The highest BCUT2D eigenvalue weighted by atomic mass is 16.5. The van der Waals surface area contributed by atoms with Gasteiger partial charge in [0.2, 0.25) is 0 Å². The topological polar surface area (TPSA) is 69.0 Å². The maximum absolute atomic E-state index is 11.6. The van der Waals surface area contributed by atoms with Crippen LogP contribution in [0, 0.1) is 0 Å². The highest BCUT2D eigenvalue weighted by molar-refractivity contribution is 5.88. The summed E-state index contributed by atoms with van der Waals surface area (Å²) < 4.78 is 6.46. The van der Waals surface area contributed by atoms with E-state index in [1.54, 1.807) is 17.8 Å². The van der Waals surface area contributed by atoms with E-state index in [0.29, 0.717) is 18.0 Å². The molecule has 6 nitrogen and oxygen atoms in total. The molecule has 0 aliphatic carbocycles. The fraction of sp³-hybridized carbons (Fsp3) is 0.308. The van der Waals surface area contributed by atoms with Gasteiger partial charge in [-0.25, -0.2) is 14.5 Å². The van der Waals surface area contributed by atoms with Gasteiger partial charge < -0.3 is 10.1 Å². The Hall–Kier alpha value is -2.37. The zero-order valence-electron chi connectivity index (χ0n) is 11.0. The van der Waals surface area contributed by atoms with Gasteiger partial charge in [0, 0.05) is 12.7 Å². The number of nitrogens with zero attached hydrogens (tertiary/aromatic N) is 3. The van der Waals surface area contributed by atoms with E-state index < -0.39 is 0 Å². The smallest absolute Gasteiger partial charge is 0.341 e. The molecule has 2 aromatic rings. The Morgan fingerprint density at radius 1 is 1.42 bits per heavy atom. The van der Waals surface area contributed by atoms with Crippen molar-refractivity contribution in [3.05, 3.63) is 36.2 Å². The van der Waals surface area contributed by atoms with Crippen LogP contribution >= 0.6 is 0 Å². The summed E-state index contributed by atoms with van der Waals surface area (Å²) in [5, 5.41) is 7.24. The van der Waals surface area contributed by atoms with Gasteiger partial charge in [0.1, 0.15) is 5.82 Å². The number of carbonyl (C=O) groups is 1. The predicted molar refractivity (Wildman–Crippen MR) is 71.5 cm³/mol. The monoisotopic (exact) mass is 260 g/mol. The second-order valence-electron chi connectivity index (χ2n) is 3.81. The highest BCUT2D eigenvalue weighted by Crippen LogP contribution is 2.10. The number of rotatable bonds is 5. The standard InChI is InChI=1S/C13H16N4O2/c1-3-14-11-6-5-7-12(16-11)17-9-10(8-15-17)13(18)19-4-2/h5-9H,3-4H2,1-2H3,(H,14,16). The highest BCUT2D eigenvalue weighted by Gasteiger charge is 2.10. The maximum Gasteiger partial charge on any atom is 0.341 e. The molecule has 0 aliphatic rings. The van der Waals surface area contributed by atoms with Crippen molar-refractivity contribution >= 4 is 11.8 Å². The van der Waals surface area contributed by atoms with Crippen LogP contribution < -0.4 is 5.32 Å². The molecule has 0 atom stereocenters. The average molecular weight is 260 g/mol. The average Bonchev–Trinajstić information content (AvgIpc) is 2.89. The van der Waals surface area contributed by atoms with Crippen LogP contribution in [0.15, 0.2) is 30.6 Å². The van der Waals surface area contributed by atoms with Crippen LogP contribution in [0.4, 0.5) is 5.82 Å². The lowest BCUT2D eigenvalue weighted by Gasteiger charge is -2.04. The Morgan fingerprint density at radius 3 is 3.00 bits per heavy atom. The lowest BCUT2D eigenvalue weighted by atomic mass is 10.4. The third kappa shape index (κ3) is 3.09. The second-order valence-corrected chi connectivity index (χ2v) is 3.81. The van der Waals surface area contributed by atoms with Crippen molar-refractivity contribution in [1.29, 1.82) is 0 Å². The van der Waals surface area contributed by atoms with Crippen LogP contribution in [0.5, 0.6) is 0 Å². The summed E-state index contributed by atoms with van der Waals surface area (Å²) in [6, 6.07) is 5.58. The van der Waals surface area contributed by atoms with Gasteiger partial charge in [0.15, 0.2) is 5.82 Å². The first kappa shape index (κ1) is 13.1. The molecule has 1 N–H and O–H groups in total. The normalized spacial score (nSPS) is 10.2. The molecule has 0 fully saturated rings. The summed E-state index contributed by atoms with van der Waals surface area (Å²) in [6.45, 7) is 4.91. The summed E-state index contributed by atoms with van der Waals surface area (Å²) in [6.07, 6.45) is 3.08. The molecule has 100 valence electrons. The largest absolute Gasteiger partial charge is 0.462 e. The zero-order valence-corrected chi connectivity index (χ0v) is 11.0. The first-order valence-corrected chi connectivity index (χ1v) is 6.17. The van der Waals surface area contributed by atoms with E-state index in [1.165, 1.54) is 6.20 Å². The van der Waals surface area contributed by atoms with Crippen molar-refractivity contribution in [2.75, 3.05) is 18.5 Å². The van der Waals surface area contributed by atoms with E-state index in [0.717, 1.165) is 12.4 Å². The van der Waals surface area contributed by atoms with Crippen molar-refractivity contribution in [2.45, 2.75) is 13.8 Å². The lowest BCUT2D eigenvalue weighted by molar-refractivity contribution is 0.0526. The zero-order chi connectivity index (χ0) is 13.7. The van der Waals surface area contributed by atoms with Crippen LogP contribution in [-0.2, 0) is 4.74 Å². The van der Waals surface area contributed by atoms with E-state index in [1.807, 2.05) is 25.1 Å². The summed E-state index contributed by atoms with van der Waals surface area (Å²) in [4.78, 5) is 15.9. The van der Waals surface area contributed by atoms with Gasteiger partial charge in [-0.05, 0) is 26.0 Å². The van der Waals surface area contributed by atoms with Crippen molar-refractivity contribution in [3.63, 3.8) is 0 Å². The van der Waals surface area contributed by atoms with Gasteiger partial charge in [0.25, 0.3) is 0 Å². The quantitative estimate of drug-likeness (QED) is 0.831. The van der Waals surface area contributed by atoms with E-state index in [-0.39, 0.29) is 5.97 Å². The molecule has 0 saturated carbocycles. The fourth-order valence-electron chi connectivity index (χ4n) is 1.60. The number of nitrogens with one attached hydrogen (secondary N) is 1. The Balaban J connectivity index is 2.22. The number of pyridine rings is 1. The molecule has 0 bridgehead atoms. The van der Waals surface area contributed by atoms with Gasteiger partial charge in [-0.3, -0.25) is 0 Å². The van der Waals surface area contributed by atoms with Crippen molar-refractivity contribution in [1.82, 2.24) is 14.8 Å². The molecule has 0 amide bonds. The minimum atomic E-state index is -0.378. The minimum absolute atomic E-state index is 0.345. The lowest BCUT2D eigenvalue weighted by Crippen LogP contribution is -2.04. The van der Waals surface area contributed by atoms with E-state index >= 15 is 0 Å². The molecule has 2 rings (SSSR count). The Morgan fingerprint density at radius 2 is 2.26 bits per heavy atom.